The van der Waals surface area contributed by atoms with Crippen molar-refractivity contribution in [2.75, 3.05) is 0 Å². The monoisotopic (exact) mass is 134 g/mol. The molecule has 0 bridgehead atoms. The van der Waals surface area contributed by atoms with Crippen molar-refractivity contribution >= 4 is 23.4 Å². The Kier molecular flexibility index (Phi) is 3.22. The van der Waals surface area contributed by atoms with Crippen molar-refractivity contribution in [3.8, 4) is 0 Å². The molecule has 0 amide bonds. The van der Waals surface area contributed by atoms with Gasteiger partial charge in [0.25, 0.3) is 0 Å². The van der Waals surface area contributed by atoms with Crippen LogP contribution in [-0.2, 0) is 0 Å². The highest BCUT2D eigenvalue weighted by atomic mass is 35.5. The molecule has 0 aromatic heterocycles. The Balaban J connectivity index is 3.32. The maximum Gasteiger partial charge on any atom is 0.0707 e. The van der Waals surface area contributed by atoms with E-state index >= 15 is 0 Å². The number of rotatable bonds is 2. The lowest BCUT2D eigenvalue weighted by atomic mass is 10.8. The van der Waals surface area contributed by atoms with Crippen molar-refractivity contribution in [2.24, 2.45) is 0 Å². The molecule has 0 aromatic rings. The lowest BCUT2D eigenvalue weighted by Gasteiger charge is -1.90. The molecule has 0 rings (SSSR count). The van der Waals surface area contributed by atoms with Crippen LogP contribution in [0, 0.1) is 0 Å². The van der Waals surface area contributed by atoms with Crippen LogP contribution >= 0.6 is 23.4 Å². The Morgan fingerprint density at radius 2 is 2.00 bits per heavy atom. The summed E-state index contributed by atoms with van der Waals surface area (Å²) in [5, 5.41) is 0. The molecule has 0 aromatic carbocycles. The Labute approximate surface area is 53.2 Å². The molecule has 7 heavy (non-hydrogen) atoms. The number of hydrogen-bond donors (Lipinski definition) is 0. The fourth-order valence-electron chi connectivity index (χ4n) is 0.189. The van der Waals surface area contributed by atoms with E-state index in [4.69, 9.17) is 11.6 Å². The van der Waals surface area contributed by atoms with Crippen LogP contribution in [0.4, 0.5) is 0 Å². The maximum absolute atomic E-state index is 5.38. The van der Waals surface area contributed by atoms with E-state index in [2.05, 4.69) is 13.2 Å². The van der Waals surface area contributed by atoms with Gasteiger partial charge in [-0.3, -0.25) is 0 Å². The van der Waals surface area contributed by atoms with Crippen LogP contribution in [0.3, 0.4) is 0 Å². The third-order valence-electron chi connectivity index (χ3n) is 0.285. The summed E-state index contributed by atoms with van der Waals surface area (Å²) in [7, 11) is 0. The Morgan fingerprint density at radius 3 is 2.00 bits per heavy atom. The number of allylic oxidation sites excluding steroid dienone is 1. The van der Waals surface area contributed by atoms with Crippen molar-refractivity contribution in [3.63, 3.8) is 0 Å². The van der Waals surface area contributed by atoms with E-state index in [1.807, 2.05) is 6.92 Å². The molecule has 0 unspecified atom stereocenters. The quantitative estimate of drug-likeness (QED) is 0.560. The normalized spacial score (nSPS) is 8.29. The Bertz CT molecular complexity index is 84.3. The molecule has 0 aliphatic rings. The molecule has 0 nitrogen and oxygen atoms in total. The van der Waals surface area contributed by atoms with Gasteiger partial charge in [-0.25, -0.2) is 0 Å². The zero-order valence-electron chi connectivity index (χ0n) is 4.20. The third kappa shape index (κ3) is 6.12. The summed E-state index contributed by atoms with van der Waals surface area (Å²) in [6, 6.07) is 0. The van der Waals surface area contributed by atoms with Gasteiger partial charge in [0, 0.05) is 0 Å². The highest BCUT2D eigenvalue weighted by Gasteiger charge is 1.85. The van der Waals surface area contributed by atoms with Gasteiger partial charge in [-0.2, -0.15) is 0 Å². The number of thioether (sulfide) groups is 1. The first-order chi connectivity index (χ1) is 3.13. The van der Waals surface area contributed by atoms with Gasteiger partial charge in [0.1, 0.15) is 0 Å². The molecule has 0 aliphatic heterocycles. The second-order valence-corrected chi connectivity index (χ2v) is 3.23. The van der Waals surface area contributed by atoms with Crippen LogP contribution in [-0.4, -0.2) is 0 Å². The molecule has 0 fully saturated rings. The van der Waals surface area contributed by atoms with Crippen molar-refractivity contribution in [2.45, 2.75) is 6.92 Å². The van der Waals surface area contributed by atoms with E-state index in [0.717, 1.165) is 4.91 Å². The predicted octanol–water partition coefficient (Wildman–Crippen LogP) is 2.96. The minimum absolute atomic E-state index is 0.576. The topological polar surface area (TPSA) is 0 Å². The van der Waals surface area contributed by atoms with Gasteiger partial charge >= 0.3 is 0 Å². The summed E-state index contributed by atoms with van der Waals surface area (Å²) >= 11 is 6.77. The fraction of sp³-hybridized carbons (Fsp3) is 0.200. The minimum atomic E-state index is 0.576. The van der Waals surface area contributed by atoms with E-state index in [1.165, 1.54) is 11.8 Å². The standard InChI is InChI=1S/C5H7ClS/c1-4(2)7-5(3)6/h1,3H2,2H3. The van der Waals surface area contributed by atoms with Gasteiger partial charge in [-0.05, 0) is 11.8 Å². The molecule has 0 atom stereocenters. The predicted molar refractivity (Wildman–Crippen MR) is 37.4 cm³/mol. The van der Waals surface area contributed by atoms with Gasteiger partial charge < -0.3 is 0 Å². The summed E-state index contributed by atoms with van der Waals surface area (Å²) < 4.78 is 0.576. The first-order valence-electron chi connectivity index (χ1n) is 1.80. The lowest BCUT2D eigenvalue weighted by molar-refractivity contribution is 1.73. The van der Waals surface area contributed by atoms with Gasteiger partial charge in [0.15, 0.2) is 0 Å². The van der Waals surface area contributed by atoms with E-state index in [9.17, 15) is 0 Å². The molecule has 0 N–H and O–H groups in total. The van der Waals surface area contributed by atoms with E-state index in [0.29, 0.717) is 4.36 Å². The smallest absolute Gasteiger partial charge is 0.0707 e. The Hall–Kier alpha value is 0.120. The molecular weight excluding hydrogens is 128 g/mol. The molecule has 0 radical (unpaired) electrons. The van der Waals surface area contributed by atoms with Crippen LogP contribution in [0.2, 0.25) is 0 Å². The molecule has 0 saturated heterocycles. The molecule has 40 valence electrons. The minimum Gasteiger partial charge on any atom is -0.0894 e. The van der Waals surface area contributed by atoms with Crippen molar-refractivity contribution in [1.29, 1.82) is 0 Å². The van der Waals surface area contributed by atoms with E-state index < -0.39 is 0 Å². The number of hydrogen-bond acceptors (Lipinski definition) is 1. The summed E-state index contributed by atoms with van der Waals surface area (Å²) in [6.07, 6.45) is 0. The number of halogens is 1. The molecule has 0 heterocycles. The van der Waals surface area contributed by atoms with Crippen molar-refractivity contribution in [3.05, 3.63) is 22.4 Å². The fourth-order valence-corrected chi connectivity index (χ4v) is 0.962. The highest BCUT2D eigenvalue weighted by molar-refractivity contribution is 8.08. The van der Waals surface area contributed by atoms with Crippen LogP contribution < -0.4 is 0 Å². The highest BCUT2D eigenvalue weighted by Crippen LogP contribution is 2.23. The summed E-state index contributed by atoms with van der Waals surface area (Å²) in [5.41, 5.74) is 0. The van der Waals surface area contributed by atoms with Gasteiger partial charge in [0.2, 0.25) is 0 Å². The summed E-state index contributed by atoms with van der Waals surface area (Å²) in [4.78, 5) is 0.972. The second kappa shape index (κ2) is 3.16. The SMILES string of the molecule is C=C(C)SC(=C)Cl. The molecule has 2 heteroatoms. The molecular formula is C5H7ClS. The van der Waals surface area contributed by atoms with Gasteiger partial charge in [-0.1, -0.05) is 36.5 Å². The average molecular weight is 135 g/mol. The molecule has 0 spiro atoms. The van der Waals surface area contributed by atoms with Crippen LogP contribution in [0.15, 0.2) is 22.4 Å². The van der Waals surface area contributed by atoms with E-state index in [1.54, 1.807) is 0 Å². The van der Waals surface area contributed by atoms with Crippen molar-refractivity contribution < 1.29 is 0 Å². The first kappa shape index (κ1) is 7.12. The van der Waals surface area contributed by atoms with Gasteiger partial charge in [0.05, 0.1) is 4.36 Å². The Morgan fingerprint density at radius 1 is 1.57 bits per heavy atom. The van der Waals surface area contributed by atoms with Crippen molar-refractivity contribution in [1.82, 2.24) is 0 Å². The van der Waals surface area contributed by atoms with Crippen LogP contribution in [0.1, 0.15) is 6.92 Å². The largest absolute Gasteiger partial charge is 0.0894 e. The first-order valence-corrected chi connectivity index (χ1v) is 3.00. The third-order valence-corrected chi connectivity index (χ3v) is 1.09. The van der Waals surface area contributed by atoms with E-state index in [-0.39, 0.29) is 0 Å². The second-order valence-electron chi connectivity index (χ2n) is 1.16. The summed E-state index contributed by atoms with van der Waals surface area (Å²) in [6.45, 7) is 8.96. The summed E-state index contributed by atoms with van der Waals surface area (Å²) in [5.74, 6) is 0. The average Bonchev–Trinajstić information content (AvgIpc) is 1.27. The zero-order chi connectivity index (χ0) is 5.86. The van der Waals surface area contributed by atoms with Crippen LogP contribution in [0.5, 0.6) is 0 Å². The molecule has 0 aliphatic carbocycles. The zero-order valence-corrected chi connectivity index (χ0v) is 5.77. The van der Waals surface area contributed by atoms with Gasteiger partial charge in [-0.15, -0.1) is 0 Å². The lowest BCUT2D eigenvalue weighted by Crippen LogP contribution is -1.56. The maximum atomic E-state index is 5.38. The van der Waals surface area contributed by atoms with Crippen LogP contribution in [0.25, 0.3) is 0 Å². The molecule has 0 saturated carbocycles.